The van der Waals surface area contributed by atoms with E-state index in [4.69, 9.17) is 14.6 Å². The van der Waals surface area contributed by atoms with Crippen molar-refractivity contribution in [1.29, 1.82) is 0 Å². The second-order valence-corrected chi connectivity index (χ2v) is 6.30. The van der Waals surface area contributed by atoms with Gasteiger partial charge in [0.2, 0.25) is 12.0 Å². The number of aliphatic hydroxyl groups is 1. The average molecular weight is 385 g/mol. The zero-order chi connectivity index (χ0) is 16.8. The fraction of sp³-hybridized carbons (Fsp3) is 0.471. The Labute approximate surface area is 144 Å². The molecule has 0 spiro atoms. The number of aliphatic carboxylic acids is 1. The van der Waals surface area contributed by atoms with Crippen LogP contribution in [0.15, 0.2) is 40.6 Å². The lowest BCUT2D eigenvalue weighted by Crippen LogP contribution is -2.36. The summed E-state index contributed by atoms with van der Waals surface area (Å²) in [6, 6.07) is 7.78. The van der Waals surface area contributed by atoms with Crippen LogP contribution in [0.4, 0.5) is 0 Å². The summed E-state index contributed by atoms with van der Waals surface area (Å²) in [4.78, 5) is 11.4. The molecule has 1 aromatic carbocycles. The van der Waals surface area contributed by atoms with Gasteiger partial charge in [0.05, 0.1) is 0 Å². The zero-order valence-corrected chi connectivity index (χ0v) is 14.5. The van der Waals surface area contributed by atoms with Crippen LogP contribution >= 0.6 is 15.9 Å². The first-order valence-electron chi connectivity index (χ1n) is 7.66. The van der Waals surface area contributed by atoms with Crippen molar-refractivity contribution in [2.45, 2.75) is 32.0 Å². The Kier molecular flexibility index (Phi) is 6.62. The predicted octanol–water partition coefficient (Wildman–Crippen LogP) is 3.28. The number of carbonyl (C=O) groups is 1. The molecule has 23 heavy (non-hydrogen) atoms. The normalized spacial score (nSPS) is 24.0. The first kappa shape index (κ1) is 18.0. The number of benzene rings is 1. The molecule has 3 atom stereocenters. The highest BCUT2D eigenvalue weighted by molar-refractivity contribution is 9.10. The van der Waals surface area contributed by atoms with Gasteiger partial charge in [-0.3, -0.25) is 0 Å². The number of hydrogen-bond donors (Lipinski definition) is 2. The Bertz CT molecular complexity index is 555. The lowest BCUT2D eigenvalue weighted by Gasteiger charge is -2.36. The third kappa shape index (κ3) is 4.56. The van der Waals surface area contributed by atoms with E-state index in [0.29, 0.717) is 19.4 Å². The molecule has 0 radical (unpaired) electrons. The summed E-state index contributed by atoms with van der Waals surface area (Å²) >= 11 is 3.41. The van der Waals surface area contributed by atoms with E-state index < -0.39 is 12.3 Å². The lowest BCUT2D eigenvalue weighted by atomic mass is 9.80. The van der Waals surface area contributed by atoms with Crippen LogP contribution in [0.1, 0.15) is 31.2 Å². The number of ether oxygens (including phenoxy) is 2. The van der Waals surface area contributed by atoms with Crippen LogP contribution in [0, 0.1) is 5.92 Å². The largest absolute Gasteiger partial charge is 0.475 e. The van der Waals surface area contributed by atoms with Crippen molar-refractivity contribution in [3.63, 3.8) is 0 Å². The van der Waals surface area contributed by atoms with Crippen molar-refractivity contribution in [3.8, 4) is 0 Å². The van der Waals surface area contributed by atoms with Crippen LogP contribution in [0.3, 0.4) is 0 Å². The number of hydrogen-bond acceptors (Lipinski definition) is 4. The van der Waals surface area contributed by atoms with E-state index >= 15 is 0 Å². The molecule has 0 amide bonds. The van der Waals surface area contributed by atoms with Gasteiger partial charge < -0.3 is 19.7 Å². The first-order valence-corrected chi connectivity index (χ1v) is 8.45. The zero-order valence-electron chi connectivity index (χ0n) is 12.9. The molecule has 1 aliphatic heterocycles. The Balaban J connectivity index is 2.38. The van der Waals surface area contributed by atoms with Crippen molar-refractivity contribution in [1.82, 2.24) is 0 Å². The molecule has 1 aromatic rings. The molecule has 2 N–H and O–H groups in total. The van der Waals surface area contributed by atoms with Gasteiger partial charge in [-0.15, -0.1) is 0 Å². The molecule has 0 aromatic heterocycles. The predicted molar refractivity (Wildman–Crippen MR) is 88.9 cm³/mol. The van der Waals surface area contributed by atoms with Crippen LogP contribution < -0.4 is 0 Å². The number of carboxylic acid groups (broad SMARTS) is 1. The summed E-state index contributed by atoms with van der Waals surface area (Å²) in [5.74, 6) is -1.37. The Morgan fingerprint density at radius 1 is 1.35 bits per heavy atom. The maximum Gasteiger partial charge on any atom is 0.370 e. The van der Waals surface area contributed by atoms with E-state index in [2.05, 4.69) is 15.9 Å². The highest BCUT2D eigenvalue weighted by Crippen LogP contribution is 2.39. The first-order chi connectivity index (χ1) is 11.1. The summed E-state index contributed by atoms with van der Waals surface area (Å²) in [5, 5.41) is 18.4. The fourth-order valence-corrected chi connectivity index (χ4v) is 3.09. The van der Waals surface area contributed by atoms with Gasteiger partial charge in [-0.05, 0) is 43.5 Å². The molecule has 5 nitrogen and oxygen atoms in total. The molecular weight excluding hydrogens is 364 g/mol. The minimum absolute atomic E-state index is 0.0497. The standard InChI is InChI=1S/C17H21BrO5/c1-2-22-17-13(4-3-9-19)14(10-15(23-17)16(20)21)11-5-7-12(18)8-6-11/h5-8,10,13-14,17,19H,2-4,9H2,1H3,(H,20,21)/t13-,14-,17-/m0/s1. The van der Waals surface area contributed by atoms with E-state index in [9.17, 15) is 9.90 Å². The SMILES string of the molecule is CCO[C@H]1OC(C(=O)O)=C[C@@H](c2ccc(Br)cc2)[C@@H]1CCCO. The maximum atomic E-state index is 11.4. The maximum absolute atomic E-state index is 11.4. The van der Waals surface area contributed by atoms with E-state index in [-0.39, 0.29) is 24.2 Å². The van der Waals surface area contributed by atoms with Crippen LogP contribution in [0.25, 0.3) is 0 Å². The minimum atomic E-state index is -1.10. The Morgan fingerprint density at radius 2 is 2.04 bits per heavy atom. The third-order valence-electron chi connectivity index (χ3n) is 3.88. The van der Waals surface area contributed by atoms with Crippen LogP contribution in [-0.4, -0.2) is 35.7 Å². The fourth-order valence-electron chi connectivity index (χ4n) is 2.82. The van der Waals surface area contributed by atoms with Gasteiger partial charge in [0.25, 0.3) is 0 Å². The molecule has 1 aliphatic rings. The molecule has 0 saturated heterocycles. The van der Waals surface area contributed by atoms with Crippen molar-refractivity contribution in [3.05, 3.63) is 46.1 Å². The van der Waals surface area contributed by atoms with Crippen molar-refractivity contribution in [2.24, 2.45) is 5.92 Å². The summed E-state index contributed by atoms with van der Waals surface area (Å²) in [7, 11) is 0. The Hall–Kier alpha value is -1.37. The van der Waals surface area contributed by atoms with Crippen LogP contribution in [0.2, 0.25) is 0 Å². The number of rotatable bonds is 7. The molecule has 1 heterocycles. The summed E-state index contributed by atoms with van der Waals surface area (Å²) in [6.07, 6.45) is 2.31. The molecule has 0 bridgehead atoms. The molecule has 0 unspecified atom stereocenters. The van der Waals surface area contributed by atoms with Crippen LogP contribution in [-0.2, 0) is 14.3 Å². The van der Waals surface area contributed by atoms with Crippen molar-refractivity contribution >= 4 is 21.9 Å². The second kappa shape index (κ2) is 8.47. The quantitative estimate of drug-likeness (QED) is 0.754. The number of aliphatic hydroxyl groups excluding tert-OH is 1. The van der Waals surface area contributed by atoms with E-state index in [0.717, 1.165) is 10.0 Å². The highest BCUT2D eigenvalue weighted by atomic mass is 79.9. The van der Waals surface area contributed by atoms with Gasteiger partial charge in [-0.25, -0.2) is 4.79 Å². The molecule has 6 heteroatoms. The third-order valence-corrected chi connectivity index (χ3v) is 4.41. The minimum Gasteiger partial charge on any atom is -0.475 e. The van der Waals surface area contributed by atoms with Crippen molar-refractivity contribution in [2.75, 3.05) is 13.2 Å². The molecule has 0 fully saturated rings. The molecular formula is C17H21BrO5. The van der Waals surface area contributed by atoms with Gasteiger partial charge >= 0.3 is 5.97 Å². The molecule has 2 rings (SSSR count). The Morgan fingerprint density at radius 3 is 2.61 bits per heavy atom. The highest BCUT2D eigenvalue weighted by Gasteiger charge is 2.37. The second-order valence-electron chi connectivity index (χ2n) is 5.38. The van der Waals surface area contributed by atoms with Crippen LogP contribution in [0.5, 0.6) is 0 Å². The van der Waals surface area contributed by atoms with Crippen molar-refractivity contribution < 1.29 is 24.5 Å². The van der Waals surface area contributed by atoms with Gasteiger partial charge in [-0.1, -0.05) is 28.1 Å². The van der Waals surface area contributed by atoms with E-state index in [1.807, 2.05) is 31.2 Å². The lowest BCUT2D eigenvalue weighted by molar-refractivity contribution is -0.173. The molecule has 0 aliphatic carbocycles. The number of allylic oxidation sites excluding steroid dienone is 1. The molecule has 126 valence electrons. The topological polar surface area (TPSA) is 76.0 Å². The van der Waals surface area contributed by atoms with Gasteiger partial charge in [0, 0.05) is 29.5 Å². The summed E-state index contributed by atoms with van der Waals surface area (Å²) in [5.41, 5.74) is 1.00. The van der Waals surface area contributed by atoms with Gasteiger partial charge in [0.15, 0.2) is 0 Å². The van der Waals surface area contributed by atoms with Gasteiger partial charge in [-0.2, -0.15) is 0 Å². The smallest absolute Gasteiger partial charge is 0.370 e. The molecule has 0 saturated carbocycles. The number of halogens is 1. The van der Waals surface area contributed by atoms with Gasteiger partial charge in [0.1, 0.15) is 0 Å². The summed E-state index contributed by atoms with van der Waals surface area (Å²) in [6.45, 7) is 2.36. The average Bonchev–Trinajstić information content (AvgIpc) is 2.54. The summed E-state index contributed by atoms with van der Waals surface area (Å²) < 4.78 is 12.1. The van der Waals surface area contributed by atoms with E-state index in [1.54, 1.807) is 6.08 Å². The van der Waals surface area contributed by atoms with E-state index in [1.165, 1.54) is 0 Å². The number of carboxylic acids is 1. The monoisotopic (exact) mass is 384 g/mol.